The zero-order valence-corrected chi connectivity index (χ0v) is 9.91. The Kier molecular flexibility index (Phi) is 3.61. The molecule has 1 N–H and O–H groups in total. The highest BCUT2D eigenvalue weighted by Crippen LogP contribution is 2.21. The lowest BCUT2D eigenvalue weighted by atomic mass is 10.0. The first-order valence-corrected chi connectivity index (χ1v) is 5.67. The minimum absolute atomic E-state index is 0.105. The van der Waals surface area contributed by atoms with Crippen molar-refractivity contribution in [3.05, 3.63) is 18.0 Å². The third kappa shape index (κ3) is 2.21. The van der Waals surface area contributed by atoms with E-state index in [-0.39, 0.29) is 24.9 Å². The van der Waals surface area contributed by atoms with E-state index in [9.17, 15) is 9.59 Å². The van der Waals surface area contributed by atoms with Crippen molar-refractivity contribution in [3.8, 4) is 0 Å². The number of aromatic nitrogens is 1. The predicted molar refractivity (Wildman–Crippen MR) is 58.9 cm³/mol. The van der Waals surface area contributed by atoms with Crippen LogP contribution < -0.4 is 0 Å². The van der Waals surface area contributed by atoms with Crippen molar-refractivity contribution in [3.63, 3.8) is 0 Å². The van der Waals surface area contributed by atoms with E-state index in [4.69, 9.17) is 14.4 Å². The van der Waals surface area contributed by atoms with E-state index in [0.29, 0.717) is 6.54 Å². The average molecular weight is 254 g/mol. The van der Waals surface area contributed by atoms with Crippen LogP contribution in [0.25, 0.3) is 0 Å². The Morgan fingerprint density at radius 3 is 2.89 bits per heavy atom. The van der Waals surface area contributed by atoms with Crippen LogP contribution in [0.3, 0.4) is 0 Å². The Hall–Kier alpha value is -1.89. The number of aliphatic carboxylic acids is 1. The second kappa shape index (κ2) is 5.18. The molecule has 18 heavy (non-hydrogen) atoms. The molecule has 1 amide bonds. The second-order valence-corrected chi connectivity index (χ2v) is 4.02. The summed E-state index contributed by atoms with van der Waals surface area (Å²) in [6.07, 6.45) is 1.38. The van der Waals surface area contributed by atoms with Crippen LogP contribution in [-0.2, 0) is 9.53 Å². The summed E-state index contributed by atoms with van der Waals surface area (Å²) in [6, 6.07) is 0.987. The smallest absolute Gasteiger partial charge is 0.311 e. The molecule has 1 aliphatic rings. The van der Waals surface area contributed by atoms with Crippen LogP contribution >= 0.6 is 0 Å². The summed E-state index contributed by atoms with van der Waals surface area (Å²) in [6.45, 7) is 2.52. The van der Waals surface area contributed by atoms with E-state index in [1.807, 2.05) is 0 Å². The number of carbonyl (C=O) groups excluding carboxylic acids is 1. The Morgan fingerprint density at radius 1 is 1.56 bits per heavy atom. The van der Waals surface area contributed by atoms with Gasteiger partial charge in [0, 0.05) is 12.6 Å². The van der Waals surface area contributed by atoms with E-state index in [0.717, 1.165) is 0 Å². The van der Waals surface area contributed by atoms with Crippen LogP contribution in [0.5, 0.6) is 0 Å². The maximum absolute atomic E-state index is 12.1. The highest BCUT2D eigenvalue weighted by Gasteiger charge is 2.40. The van der Waals surface area contributed by atoms with Gasteiger partial charge in [0.15, 0.2) is 0 Å². The lowest BCUT2D eigenvalue weighted by Gasteiger charge is -2.28. The molecule has 7 nitrogen and oxygen atoms in total. The predicted octanol–water partition coefficient (Wildman–Crippen LogP) is 0.236. The number of rotatable bonds is 4. The molecule has 0 aliphatic carbocycles. The van der Waals surface area contributed by atoms with Gasteiger partial charge >= 0.3 is 5.97 Å². The van der Waals surface area contributed by atoms with E-state index in [1.165, 1.54) is 17.2 Å². The van der Waals surface area contributed by atoms with Crippen molar-refractivity contribution in [1.29, 1.82) is 0 Å². The number of ether oxygens (including phenoxy) is 1. The number of carboxylic acid groups (broad SMARTS) is 1. The van der Waals surface area contributed by atoms with Gasteiger partial charge in [0.2, 0.25) is 5.76 Å². The number of amides is 1. The highest BCUT2D eigenvalue weighted by molar-refractivity contribution is 5.92. The third-order valence-electron chi connectivity index (χ3n) is 3.02. The summed E-state index contributed by atoms with van der Waals surface area (Å²) in [5.74, 6) is -1.91. The van der Waals surface area contributed by atoms with Crippen LogP contribution in [0.2, 0.25) is 0 Å². The second-order valence-electron chi connectivity index (χ2n) is 4.02. The van der Waals surface area contributed by atoms with Gasteiger partial charge in [0.05, 0.1) is 25.5 Å². The van der Waals surface area contributed by atoms with Crippen LogP contribution in [0.1, 0.15) is 17.5 Å². The Bertz CT molecular complexity index is 431. The Morgan fingerprint density at radius 2 is 2.33 bits per heavy atom. The van der Waals surface area contributed by atoms with Crippen molar-refractivity contribution in [2.45, 2.75) is 13.0 Å². The molecule has 98 valence electrons. The maximum Gasteiger partial charge on any atom is 0.311 e. The van der Waals surface area contributed by atoms with Gasteiger partial charge in [-0.05, 0) is 6.92 Å². The van der Waals surface area contributed by atoms with E-state index >= 15 is 0 Å². The SMILES string of the molecule is CCN(C(=O)c1ccno1)C1COCC1C(=O)O. The number of likely N-dealkylation sites (N-methyl/N-ethyl adjacent to an activating group) is 1. The van der Waals surface area contributed by atoms with Gasteiger partial charge in [-0.1, -0.05) is 5.16 Å². The quantitative estimate of drug-likeness (QED) is 0.827. The number of carbonyl (C=O) groups is 2. The fraction of sp³-hybridized carbons (Fsp3) is 0.545. The largest absolute Gasteiger partial charge is 0.481 e. The molecule has 1 saturated heterocycles. The van der Waals surface area contributed by atoms with Gasteiger partial charge in [0.25, 0.3) is 5.91 Å². The molecule has 2 rings (SSSR count). The van der Waals surface area contributed by atoms with Crippen LogP contribution in [0, 0.1) is 5.92 Å². The monoisotopic (exact) mass is 254 g/mol. The van der Waals surface area contributed by atoms with Crippen molar-refractivity contribution in [2.75, 3.05) is 19.8 Å². The first kappa shape index (κ1) is 12.6. The van der Waals surface area contributed by atoms with E-state index < -0.39 is 17.9 Å². The summed E-state index contributed by atoms with van der Waals surface area (Å²) < 4.78 is 9.96. The number of nitrogens with zero attached hydrogens (tertiary/aromatic N) is 2. The normalized spacial score (nSPS) is 22.9. The molecule has 0 aromatic carbocycles. The van der Waals surface area contributed by atoms with E-state index in [2.05, 4.69) is 5.16 Å². The molecule has 2 unspecified atom stereocenters. The molecule has 1 aromatic heterocycles. The van der Waals surface area contributed by atoms with Gasteiger partial charge in [0.1, 0.15) is 5.92 Å². The molecule has 1 fully saturated rings. The minimum atomic E-state index is -0.957. The maximum atomic E-state index is 12.1. The minimum Gasteiger partial charge on any atom is -0.481 e. The van der Waals surface area contributed by atoms with Crippen molar-refractivity contribution in [2.24, 2.45) is 5.92 Å². The van der Waals surface area contributed by atoms with E-state index in [1.54, 1.807) is 6.92 Å². The summed E-state index contributed by atoms with van der Waals surface area (Å²) in [5, 5.41) is 12.6. The van der Waals surface area contributed by atoms with Crippen molar-refractivity contribution in [1.82, 2.24) is 10.1 Å². The Balaban J connectivity index is 2.18. The molecule has 2 heterocycles. The molecule has 0 saturated carbocycles. The summed E-state index contributed by atoms with van der Waals surface area (Å²) in [4.78, 5) is 24.7. The summed E-state index contributed by atoms with van der Waals surface area (Å²) >= 11 is 0. The molecule has 7 heteroatoms. The van der Waals surface area contributed by atoms with Crippen LogP contribution in [-0.4, -0.2) is 52.8 Å². The van der Waals surface area contributed by atoms with Gasteiger partial charge in [-0.15, -0.1) is 0 Å². The summed E-state index contributed by atoms with van der Waals surface area (Å²) in [5.41, 5.74) is 0. The topological polar surface area (TPSA) is 92.9 Å². The first-order chi connectivity index (χ1) is 8.65. The molecule has 1 aliphatic heterocycles. The lowest BCUT2D eigenvalue weighted by molar-refractivity contribution is -0.142. The molecule has 0 radical (unpaired) electrons. The van der Waals surface area contributed by atoms with Crippen molar-refractivity contribution < 1.29 is 24.0 Å². The van der Waals surface area contributed by atoms with Gasteiger partial charge in [-0.3, -0.25) is 9.59 Å². The zero-order chi connectivity index (χ0) is 13.1. The zero-order valence-electron chi connectivity index (χ0n) is 9.91. The molecule has 2 atom stereocenters. The van der Waals surface area contributed by atoms with Crippen LogP contribution in [0.15, 0.2) is 16.8 Å². The molecular weight excluding hydrogens is 240 g/mol. The Labute approximate surface area is 103 Å². The molecule has 0 bridgehead atoms. The molecular formula is C11H14N2O5. The van der Waals surface area contributed by atoms with Gasteiger partial charge < -0.3 is 19.3 Å². The standard InChI is InChI=1S/C11H14N2O5/c1-2-13(10(14)9-3-4-12-18-9)8-6-17-5-7(8)11(15)16/h3-4,7-8H,2,5-6H2,1H3,(H,15,16). The highest BCUT2D eigenvalue weighted by atomic mass is 16.5. The number of hydrogen-bond acceptors (Lipinski definition) is 5. The summed E-state index contributed by atoms with van der Waals surface area (Å²) in [7, 11) is 0. The van der Waals surface area contributed by atoms with Gasteiger partial charge in [-0.25, -0.2) is 0 Å². The molecule has 1 aromatic rings. The lowest BCUT2D eigenvalue weighted by Crippen LogP contribution is -2.46. The number of carboxylic acids is 1. The molecule has 0 spiro atoms. The fourth-order valence-electron chi connectivity index (χ4n) is 2.08. The third-order valence-corrected chi connectivity index (χ3v) is 3.02. The van der Waals surface area contributed by atoms with Crippen molar-refractivity contribution >= 4 is 11.9 Å². The van der Waals surface area contributed by atoms with Gasteiger partial charge in [-0.2, -0.15) is 0 Å². The first-order valence-electron chi connectivity index (χ1n) is 5.67. The van der Waals surface area contributed by atoms with Crippen LogP contribution in [0.4, 0.5) is 0 Å². The average Bonchev–Trinajstić information content (AvgIpc) is 3.00. The number of hydrogen-bond donors (Lipinski definition) is 1. The fourth-order valence-corrected chi connectivity index (χ4v) is 2.08.